The lowest BCUT2D eigenvalue weighted by Crippen LogP contribution is -2.33. The lowest BCUT2D eigenvalue weighted by Gasteiger charge is -2.25. The van der Waals surface area contributed by atoms with Gasteiger partial charge in [0.2, 0.25) is 0 Å². The molecule has 3 aromatic rings. The van der Waals surface area contributed by atoms with E-state index in [2.05, 4.69) is 20.9 Å². The average molecular weight is 474 g/mol. The van der Waals surface area contributed by atoms with Crippen molar-refractivity contribution in [1.82, 2.24) is 15.6 Å². The highest BCUT2D eigenvalue weighted by atomic mass is 16.3. The molecule has 6 N–H and O–H groups in total. The van der Waals surface area contributed by atoms with Gasteiger partial charge in [0.05, 0.1) is 17.5 Å². The molecular weight excluding hydrogens is 442 g/mol. The molecule has 8 nitrogen and oxygen atoms in total. The minimum Gasteiger partial charge on any atom is -0.403 e. The maximum atomic E-state index is 13.3. The number of benzene rings is 2. The molecule has 0 spiro atoms. The van der Waals surface area contributed by atoms with Crippen molar-refractivity contribution in [2.24, 2.45) is 11.7 Å². The van der Waals surface area contributed by atoms with E-state index >= 15 is 0 Å². The number of aromatic nitrogens is 1. The summed E-state index contributed by atoms with van der Waals surface area (Å²) in [5, 5.41) is 20.4. The summed E-state index contributed by atoms with van der Waals surface area (Å²) in [6.45, 7) is 2.70. The first-order valence-electron chi connectivity index (χ1n) is 11.9. The standard InChI is InChI=1S/C27H31N5O3/c1-17(33)24(14-28)30-16-19-11-12-22(21-9-3-2-8-20(19)21)26(34)32-23-10-5-13-29-25(23)27(35)31-15-18-6-4-7-18/h2-3,5,8-14,17-18,30,33H,4,6-7,15-16,28H2,1H3,(H,31,35)(H,32,34)/b24-14-. The maximum Gasteiger partial charge on any atom is 0.272 e. The highest BCUT2D eigenvalue weighted by Crippen LogP contribution is 2.26. The number of nitrogens with two attached hydrogens (primary N) is 1. The number of hydrogen-bond acceptors (Lipinski definition) is 6. The third kappa shape index (κ3) is 5.60. The molecule has 1 saturated carbocycles. The van der Waals surface area contributed by atoms with Crippen molar-refractivity contribution < 1.29 is 14.7 Å². The largest absolute Gasteiger partial charge is 0.403 e. The topological polar surface area (TPSA) is 129 Å². The molecule has 8 heteroatoms. The van der Waals surface area contributed by atoms with Gasteiger partial charge in [-0.3, -0.25) is 9.59 Å². The predicted octanol–water partition coefficient (Wildman–Crippen LogP) is 3.29. The highest BCUT2D eigenvalue weighted by Gasteiger charge is 2.21. The van der Waals surface area contributed by atoms with Gasteiger partial charge in [0.25, 0.3) is 11.8 Å². The summed E-state index contributed by atoms with van der Waals surface area (Å²) in [6.07, 6.45) is 5.65. The van der Waals surface area contributed by atoms with Gasteiger partial charge in [0.1, 0.15) is 0 Å². The number of aliphatic hydroxyl groups is 1. The number of hydrogen-bond donors (Lipinski definition) is 5. The first-order valence-corrected chi connectivity index (χ1v) is 11.9. The molecule has 0 aliphatic heterocycles. The first-order chi connectivity index (χ1) is 17.0. The second-order valence-corrected chi connectivity index (χ2v) is 8.83. The lowest BCUT2D eigenvalue weighted by molar-refractivity contribution is 0.0935. The number of fused-ring (bicyclic) bond motifs is 1. The summed E-state index contributed by atoms with van der Waals surface area (Å²) in [5.41, 5.74) is 8.12. The maximum absolute atomic E-state index is 13.3. The number of nitrogens with one attached hydrogen (secondary N) is 3. The van der Waals surface area contributed by atoms with E-state index in [-0.39, 0.29) is 17.5 Å². The van der Waals surface area contributed by atoms with Crippen molar-refractivity contribution >= 4 is 28.3 Å². The zero-order chi connectivity index (χ0) is 24.8. The Morgan fingerprint density at radius 2 is 1.86 bits per heavy atom. The fourth-order valence-corrected chi connectivity index (χ4v) is 4.15. The van der Waals surface area contributed by atoms with Crippen LogP contribution >= 0.6 is 0 Å². The van der Waals surface area contributed by atoms with Crippen LogP contribution < -0.4 is 21.7 Å². The molecule has 1 aromatic heterocycles. The fourth-order valence-electron chi connectivity index (χ4n) is 4.15. The van der Waals surface area contributed by atoms with Gasteiger partial charge < -0.3 is 26.8 Å². The summed E-state index contributed by atoms with van der Waals surface area (Å²) < 4.78 is 0. The molecule has 0 radical (unpaired) electrons. The molecule has 1 fully saturated rings. The number of anilines is 1. The second kappa shape index (κ2) is 11.0. The Hall–Kier alpha value is -3.91. The smallest absolute Gasteiger partial charge is 0.272 e. The highest BCUT2D eigenvalue weighted by molar-refractivity contribution is 6.15. The molecule has 0 saturated heterocycles. The summed E-state index contributed by atoms with van der Waals surface area (Å²) in [4.78, 5) is 30.2. The summed E-state index contributed by atoms with van der Waals surface area (Å²) >= 11 is 0. The van der Waals surface area contributed by atoms with Crippen LogP contribution in [-0.2, 0) is 6.54 Å². The zero-order valence-electron chi connectivity index (χ0n) is 19.8. The normalized spacial score (nSPS) is 14.7. The molecule has 1 heterocycles. The van der Waals surface area contributed by atoms with Crippen molar-refractivity contribution in [1.29, 1.82) is 0 Å². The van der Waals surface area contributed by atoms with Crippen LogP contribution in [0.1, 0.15) is 52.6 Å². The minimum absolute atomic E-state index is 0.199. The molecule has 1 aliphatic carbocycles. The van der Waals surface area contributed by atoms with Gasteiger partial charge in [-0.25, -0.2) is 4.98 Å². The Morgan fingerprint density at radius 1 is 1.09 bits per heavy atom. The minimum atomic E-state index is -0.712. The van der Waals surface area contributed by atoms with E-state index in [1.54, 1.807) is 31.3 Å². The van der Waals surface area contributed by atoms with Crippen LogP contribution in [0.15, 0.2) is 66.6 Å². The van der Waals surface area contributed by atoms with E-state index in [4.69, 9.17) is 5.73 Å². The van der Waals surface area contributed by atoms with Crippen LogP contribution in [0, 0.1) is 5.92 Å². The monoisotopic (exact) mass is 473 g/mol. The van der Waals surface area contributed by atoms with E-state index in [9.17, 15) is 14.7 Å². The molecule has 1 atom stereocenters. The van der Waals surface area contributed by atoms with Crippen LogP contribution in [0.3, 0.4) is 0 Å². The molecule has 2 aromatic carbocycles. The van der Waals surface area contributed by atoms with Crippen LogP contribution in [0.25, 0.3) is 10.8 Å². The fraction of sp³-hybridized carbons (Fsp3) is 0.296. The Morgan fingerprint density at radius 3 is 2.54 bits per heavy atom. The SMILES string of the molecule is CC(O)/C(=C/N)NCc1ccc(C(=O)Nc2cccnc2C(=O)NCC2CCC2)c2ccccc12. The Kier molecular flexibility index (Phi) is 7.62. The first kappa shape index (κ1) is 24.2. The average Bonchev–Trinajstić information content (AvgIpc) is 2.83. The Bertz CT molecular complexity index is 1250. The molecule has 182 valence electrons. The van der Waals surface area contributed by atoms with Gasteiger partial charge in [-0.05, 0) is 60.2 Å². The number of rotatable bonds is 9. The van der Waals surface area contributed by atoms with Gasteiger partial charge in [-0.15, -0.1) is 0 Å². The summed E-state index contributed by atoms with van der Waals surface area (Å²) in [7, 11) is 0. The van der Waals surface area contributed by atoms with Gasteiger partial charge >= 0.3 is 0 Å². The second-order valence-electron chi connectivity index (χ2n) is 8.83. The molecule has 1 unspecified atom stereocenters. The molecule has 0 bridgehead atoms. The van der Waals surface area contributed by atoms with E-state index < -0.39 is 6.10 Å². The van der Waals surface area contributed by atoms with Crippen LogP contribution in [0.2, 0.25) is 0 Å². The van der Waals surface area contributed by atoms with E-state index in [1.807, 2.05) is 30.3 Å². The third-order valence-electron chi connectivity index (χ3n) is 6.42. The Balaban J connectivity index is 1.54. The molecule has 1 aliphatic rings. The van der Waals surface area contributed by atoms with Crippen molar-refractivity contribution in [3.63, 3.8) is 0 Å². The Labute approximate surface area is 204 Å². The van der Waals surface area contributed by atoms with Crippen molar-refractivity contribution in [3.8, 4) is 0 Å². The zero-order valence-corrected chi connectivity index (χ0v) is 19.8. The van der Waals surface area contributed by atoms with E-state index in [0.717, 1.165) is 29.2 Å². The summed E-state index contributed by atoms with van der Waals surface area (Å²) in [6, 6.07) is 14.6. The van der Waals surface area contributed by atoms with Gasteiger partial charge in [-0.2, -0.15) is 0 Å². The number of carbonyl (C=O) groups is 2. The predicted molar refractivity (Wildman–Crippen MR) is 137 cm³/mol. The molecule has 2 amide bonds. The van der Waals surface area contributed by atoms with E-state index in [0.29, 0.717) is 36.0 Å². The number of aliphatic hydroxyl groups excluding tert-OH is 1. The van der Waals surface area contributed by atoms with Crippen molar-refractivity contribution in [3.05, 3.63) is 83.4 Å². The van der Waals surface area contributed by atoms with Crippen molar-refractivity contribution in [2.45, 2.75) is 38.8 Å². The quantitative estimate of drug-likeness (QED) is 0.324. The van der Waals surface area contributed by atoms with Gasteiger partial charge in [0.15, 0.2) is 5.69 Å². The lowest BCUT2D eigenvalue weighted by atomic mass is 9.85. The van der Waals surface area contributed by atoms with Gasteiger partial charge in [-0.1, -0.05) is 36.8 Å². The number of amides is 2. The van der Waals surface area contributed by atoms with Crippen molar-refractivity contribution in [2.75, 3.05) is 11.9 Å². The summed E-state index contributed by atoms with van der Waals surface area (Å²) in [5.74, 6) is -0.0914. The van der Waals surface area contributed by atoms with Crippen LogP contribution in [0.4, 0.5) is 5.69 Å². The van der Waals surface area contributed by atoms with Crippen LogP contribution in [0.5, 0.6) is 0 Å². The molecule has 35 heavy (non-hydrogen) atoms. The molecular formula is C27H31N5O3. The van der Waals surface area contributed by atoms with E-state index in [1.165, 1.54) is 12.6 Å². The number of pyridine rings is 1. The number of carbonyl (C=O) groups excluding carboxylic acids is 2. The number of nitrogens with zero attached hydrogens (tertiary/aromatic N) is 1. The van der Waals surface area contributed by atoms with Crippen LogP contribution in [-0.4, -0.2) is 34.6 Å². The third-order valence-corrected chi connectivity index (χ3v) is 6.42. The molecule has 4 rings (SSSR count). The van der Waals surface area contributed by atoms with Gasteiger partial charge in [0, 0.05) is 31.0 Å².